The minimum atomic E-state index is -0.879. The van der Waals surface area contributed by atoms with Crippen molar-refractivity contribution in [3.8, 4) is 12.1 Å². The minimum Gasteiger partial charge on any atom is -0.312 e. The van der Waals surface area contributed by atoms with Crippen molar-refractivity contribution in [2.24, 2.45) is 5.41 Å². The number of aromatic nitrogens is 2. The highest BCUT2D eigenvalue weighted by atomic mass is 16.2. The van der Waals surface area contributed by atoms with Crippen LogP contribution in [-0.2, 0) is 15.6 Å². The molecular weight excluding hydrogens is 362 g/mol. The molecule has 1 amide bonds. The molecule has 2 aliphatic carbocycles. The summed E-state index contributed by atoms with van der Waals surface area (Å²) >= 11 is 0. The largest absolute Gasteiger partial charge is 0.312 e. The van der Waals surface area contributed by atoms with Gasteiger partial charge in [0.05, 0.1) is 16.8 Å². The Morgan fingerprint density at radius 3 is 2.17 bits per heavy atom. The molecule has 0 radical (unpaired) electrons. The predicted molar refractivity (Wildman–Crippen MR) is 108 cm³/mol. The summed E-state index contributed by atoms with van der Waals surface area (Å²) in [5, 5.41) is 18.9. The van der Waals surface area contributed by atoms with Gasteiger partial charge in [-0.1, -0.05) is 39.0 Å². The summed E-state index contributed by atoms with van der Waals surface area (Å²) in [5.74, 6) is -0.0124. The Hall–Kier alpha value is -3.25. The van der Waals surface area contributed by atoms with Crippen molar-refractivity contribution in [3.63, 3.8) is 0 Å². The monoisotopic (exact) mass is 385 g/mol. The van der Waals surface area contributed by atoms with E-state index in [2.05, 4.69) is 30.7 Å². The lowest BCUT2D eigenvalue weighted by atomic mass is 9.63. The number of amides is 1. The number of hydrogen-bond acceptors (Lipinski definition) is 5. The molecule has 6 nitrogen and oxygen atoms in total. The lowest BCUT2D eigenvalue weighted by molar-refractivity contribution is -0.127. The van der Waals surface area contributed by atoms with E-state index in [4.69, 9.17) is 0 Å². The Labute approximate surface area is 170 Å². The maximum Gasteiger partial charge on any atom is 0.239 e. The Bertz CT molecular complexity index is 1090. The van der Waals surface area contributed by atoms with Gasteiger partial charge in [-0.3, -0.25) is 4.79 Å². The third-order valence-electron chi connectivity index (χ3n) is 7.48. The predicted octanol–water partition coefficient (Wildman–Crippen LogP) is 3.60. The van der Waals surface area contributed by atoms with E-state index in [0.717, 1.165) is 12.1 Å². The van der Waals surface area contributed by atoms with Crippen molar-refractivity contribution in [2.45, 2.75) is 51.4 Å². The van der Waals surface area contributed by atoms with E-state index in [-0.39, 0.29) is 22.7 Å². The van der Waals surface area contributed by atoms with Crippen LogP contribution in [0.2, 0.25) is 0 Å². The van der Waals surface area contributed by atoms with Crippen LogP contribution in [0.3, 0.4) is 0 Å². The Morgan fingerprint density at radius 2 is 1.62 bits per heavy atom. The Morgan fingerprint density at radius 1 is 1.03 bits per heavy atom. The van der Waals surface area contributed by atoms with Crippen molar-refractivity contribution < 1.29 is 4.79 Å². The zero-order valence-electron chi connectivity index (χ0n) is 17.2. The maximum absolute atomic E-state index is 14.1. The molecule has 2 atom stereocenters. The van der Waals surface area contributed by atoms with Crippen LogP contribution < -0.4 is 4.90 Å². The molecular formula is C23H23N5O. The molecule has 29 heavy (non-hydrogen) atoms. The summed E-state index contributed by atoms with van der Waals surface area (Å²) in [6, 6.07) is 13.6. The van der Waals surface area contributed by atoms with Gasteiger partial charge in [-0.15, -0.1) is 0 Å². The number of anilines is 1. The molecule has 0 spiro atoms. The number of carbonyl (C=O) groups excluding carboxylic acids is 1. The first-order chi connectivity index (χ1) is 13.8. The molecule has 0 saturated heterocycles. The van der Waals surface area contributed by atoms with Gasteiger partial charge in [-0.2, -0.15) is 10.5 Å². The highest BCUT2D eigenvalue weighted by molar-refractivity contribution is 6.03. The molecule has 0 N–H and O–H groups in total. The first kappa shape index (κ1) is 19.1. The fourth-order valence-electron chi connectivity index (χ4n) is 5.39. The molecule has 1 heterocycles. The zero-order chi connectivity index (χ0) is 21.0. The third-order valence-corrected chi connectivity index (χ3v) is 7.48. The smallest absolute Gasteiger partial charge is 0.239 e. The van der Waals surface area contributed by atoms with Crippen molar-refractivity contribution >= 4 is 11.6 Å². The van der Waals surface area contributed by atoms with E-state index >= 15 is 0 Å². The molecule has 1 saturated carbocycles. The molecule has 1 fully saturated rings. The highest BCUT2D eigenvalue weighted by Crippen LogP contribution is 2.70. The lowest BCUT2D eigenvalue weighted by Crippen LogP contribution is -2.53. The van der Waals surface area contributed by atoms with Gasteiger partial charge in [0.15, 0.2) is 11.4 Å². The van der Waals surface area contributed by atoms with Gasteiger partial charge in [-0.05, 0) is 37.3 Å². The summed E-state index contributed by atoms with van der Waals surface area (Å²) in [5.41, 5.74) is 0.419. The maximum atomic E-state index is 14.1. The van der Waals surface area contributed by atoms with Gasteiger partial charge in [0.2, 0.25) is 5.91 Å². The average molecular weight is 385 g/mol. The van der Waals surface area contributed by atoms with Crippen LogP contribution in [0.1, 0.15) is 63.3 Å². The van der Waals surface area contributed by atoms with Gasteiger partial charge in [0.25, 0.3) is 0 Å². The molecule has 2 bridgehead atoms. The van der Waals surface area contributed by atoms with Crippen LogP contribution in [0, 0.1) is 28.1 Å². The fraction of sp³-hybridized carbons (Fsp3) is 0.435. The number of para-hydroxylation sites is 1. The van der Waals surface area contributed by atoms with Crippen LogP contribution in [0.25, 0.3) is 0 Å². The molecule has 1 aromatic heterocycles. The number of nitrogens with zero attached hydrogens (tertiary/aromatic N) is 5. The Balaban J connectivity index is 1.98. The highest BCUT2D eigenvalue weighted by Gasteiger charge is 2.73. The van der Waals surface area contributed by atoms with Crippen LogP contribution >= 0.6 is 0 Å². The topological polar surface area (TPSA) is 93.7 Å². The number of nitriles is 2. The lowest BCUT2D eigenvalue weighted by Gasteiger charge is -2.42. The van der Waals surface area contributed by atoms with Crippen LogP contribution in [0.15, 0.2) is 30.3 Å². The summed E-state index contributed by atoms with van der Waals surface area (Å²) in [6.45, 7) is 8.79. The van der Waals surface area contributed by atoms with E-state index in [1.54, 1.807) is 4.90 Å². The fourth-order valence-corrected chi connectivity index (χ4v) is 5.39. The number of rotatable bonds is 3. The van der Waals surface area contributed by atoms with Crippen LogP contribution in [0.4, 0.5) is 5.69 Å². The standard InChI is InChI=1S/C23H23N5O/c1-5-28(15-9-7-6-8-10-15)20(29)23-12-11-22(4,21(23,2)3)18-19(23)27-17(14-25)16(13-24)26-18/h6-10H,5,11-12H2,1-4H3. The summed E-state index contributed by atoms with van der Waals surface area (Å²) in [7, 11) is 0. The molecule has 2 unspecified atom stereocenters. The van der Waals surface area contributed by atoms with E-state index in [0.29, 0.717) is 24.4 Å². The number of carbonyl (C=O) groups is 1. The van der Waals surface area contributed by atoms with E-state index < -0.39 is 10.8 Å². The second-order valence-electron chi connectivity index (χ2n) is 8.59. The van der Waals surface area contributed by atoms with Crippen LogP contribution in [0.5, 0.6) is 0 Å². The molecule has 1 aromatic carbocycles. The third kappa shape index (κ3) is 2.12. The Kier molecular flexibility index (Phi) is 4.03. The first-order valence-corrected chi connectivity index (χ1v) is 9.88. The van der Waals surface area contributed by atoms with Crippen molar-refractivity contribution in [3.05, 3.63) is 53.1 Å². The molecule has 146 valence electrons. The number of fused-ring (bicyclic) bond motifs is 5. The van der Waals surface area contributed by atoms with E-state index in [1.165, 1.54) is 0 Å². The second-order valence-corrected chi connectivity index (χ2v) is 8.59. The molecule has 2 aromatic rings. The van der Waals surface area contributed by atoms with Crippen molar-refractivity contribution in [2.75, 3.05) is 11.4 Å². The average Bonchev–Trinajstić information content (AvgIpc) is 3.03. The summed E-state index contributed by atoms with van der Waals surface area (Å²) < 4.78 is 0. The normalized spacial score (nSPS) is 25.7. The first-order valence-electron chi connectivity index (χ1n) is 9.88. The summed E-state index contributed by atoms with van der Waals surface area (Å²) in [6.07, 6.45) is 1.44. The zero-order valence-corrected chi connectivity index (χ0v) is 17.2. The second kappa shape index (κ2) is 6.12. The van der Waals surface area contributed by atoms with Gasteiger partial charge in [0.1, 0.15) is 12.1 Å². The minimum absolute atomic E-state index is 0.00636. The van der Waals surface area contributed by atoms with Crippen molar-refractivity contribution in [1.29, 1.82) is 10.5 Å². The molecule has 6 heteroatoms. The van der Waals surface area contributed by atoms with Gasteiger partial charge in [0, 0.05) is 17.6 Å². The quantitative estimate of drug-likeness (QED) is 0.805. The van der Waals surface area contributed by atoms with Gasteiger partial charge in [-0.25, -0.2) is 9.97 Å². The molecule has 2 aliphatic rings. The molecule has 4 rings (SSSR count). The number of benzene rings is 1. The SMILES string of the molecule is CCN(C(=O)C12CCC(C)(c3nc(C#N)c(C#N)nc31)C2(C)C)c1ccccc1. The van der Waals surface area contributed by atoms with E-state index in [1.807, 2.05) is 49.4 Å². The van der Waals surface area contributed by atoms with Crippen LogP contribution in [-0.4, -0.2) is 22.4 Å². The van der Waals surface area contributed by atoms with E-state index in [9.17, 15) is 15.3 Å². The number of likely N-dealkylation sites (N-methyl/N-ethyl adjacent to an activating group) is 1. The summed E-state index contributed by atoms with van der Waals surface area (Å²) in [4.78, 5) is 25.1. The van der Waals surface area contributed by atoms with Crippen molar-refractivity contribution in [1.82, 2.24) is 9.97 Å². The number of hydrogen-bond donors (Lipinski definition) is 0. The molecule has 0 aliphatic heterocycles. The van der Waals surface area contributed by atoms with Gasteiger partial charge >= 0.3 is 0 Å². The van der Waals surface area contributed by atoms with Gasteiger partial charge < -0.3 is 4.90 Å².